The molecule has 0 unspecified atom stereocenters. The van der Waals surface area contributed by atoms with E-state index in [0.29, 0.717) is 9.50 Å². The second-order valence-corrected chi connectivity index (χ2v) is 4.47. The molecule has 0 atom stereocenters. The lowest BCUT2D eigenvalue weighted by Gasteiger charge is -2.06. The Morgan fingerprint density at radius 2 is 2.00 bits per heavy atom. The van der Waals surface area contributed by atoms with Crippen molar-refractivity contribution in [1.82, 2.24) is 4.98 Å². The van der Waals surface area contributed by atoms with E-state index in [-0.39, 0.29) is 11.6 Å². The number of benzene rings is 1. The van der Waals surface area contributed by atoms with Crippen molar-refractivity contribution in [3.05, 3.63) is 51.6 Å². The molecular weight excluding hydrogens is 315 g/mol. The first-order valence-electron chi connectivity index (χ1n) is 4.50. The summed E-state index contributed by atoms with van der Waals surface area (Å²) >= 11 is 8.68. The Hall–Kier alpha value is -1.20. The van der Waals surface area contributed by atoms with Crippen LogP contribution in [0.3, 0.4) is 0 Å². The average molecular weight is 321 g/mol. The number of nitrogens with zero attached hydrogens (tertiary/aromatic N) is 1. The number of rotatable bonds is 2. The smallest absolute Gasteiger partial charge is 0.219 e. The standard InChI is InChI=1S/C11H5BrClF2NO/c12-6-3-8(14)11(15)9(4-6)17-10-2-1-7(13)5-16-10/h1-5H. The lowest BCUT2D eigenvalue weighted by molar-refractivity contribution is 0.405. The van der Waals surface area contributed by atoms with E-state index in [1.165, 1.54) is 24.4 Å². The van der Waals surface area contributed by atoms with Crippen LogP contribution >= 0.6 is 27.5 Å². The van der Waals surface area contributed by atoms with E-state index in [1.54, 1.807) is 0 Å². The Bertz CT molecular complexity index is 548. The molecule has 0 aliphatic carbocycles. The van der Waals surface area contributed by atoms with Gasteiger partial charge in [-0.15, -0.1) is 0 Å². The summed E-state index contributed by atoms with van der Waals surface area (Å²) in [5.41, 5.74) is 0. The number of ether oxygens (including phenoxy) is 1. The summed E-state index contributed by atoms with van der Waals surface area (Å²) in [4.78, 5) is 3.82. The highest BCUT2D eigenvalue weighted by Crippen LogP contribution is 2.28. The third-order valence-electron chi connectivity index (χ3n) is 1.87. The van der Waals surface area contributed by atoms with Gasteiger partial charge in [-0.3, -0.25) is 0 Å². The number of pyridine rings is 1. The maximum absolute atomic E-state index is 13.4. The van der Waals surface area contributed by atoms with E-state index in [4.69, 9.17) is 16.3 Å². The van der Waals surface area contributed by atoms with Crippen molar-refractivity contribution >= 4 is 27.5 Å². The first kappa shape index (κ1) is 12.3. The van der Waals surface area contributed by atoms with E-state index >= 15 is 0 Å². The Morgan fingerprint density at radius 1 is 1.24 bits per heavy atom. The number of hydrogen-bond acceptors (Lipinski definition) is 2. The van der Waals surface area contributed by atoms with Gasteiger partial charge in [-0.25, -0.2) is 9.37 Å². The molecule has 0 fully saturated rings. The van der Waals surface area contributed by atoms with Crippen molar-refractivity contribution in [2.24, 2.45) is 0 Å². The first-order chi connectivity index (χ1) is 8.06. The number of halogens is 4. The summed E-state index contributed by atoms with van der Waals surface area (Å²) in [5.74, 6) is -2.18. The lowest BCUT2D eigenvalue weighted by Crippen LogP contribution is -1.93. The number of hydrogen-bond donors (Lipinski definition) is 0. The van der Waals surface area contributed by atoms with E-state index in [9.17, 15) is 8.78 Å². The van der Waals surface area contributed by atoms with Crippen LogP contribution in [0.25, 0.3) is 0 Å². The second kappa shape index (κ2) is 4.98. The SMILES string of the molecule is Fc1cc(Br)cc(Oc2ccc(Cl)cn2)c1F. The zero-order valence-electron chi connectivity index (χ0n) is 8.25. The molecule has 0 saturated carbocycles. The van der Waals surface area contributed by atoms with E-state index in [2.05, 4.69) is 20.9 Å². The van der Waals surface area contributed by atoms with Crippen LogP contribution in [0.4, 0.5) is 8.78 Å². The Kier molecular flexibility index (Phi) is 3.59. The molecule has 0 aliphatic rings. The number of aromatic nitrogens is 1. The van der Waals surface area contributed by atoms with Crippen molar-refractivity contribution in [1.29, 1.82) is 0 Å². The van der Waals surface area contributed by atoms with Gasteiger partial charge >= 0.3 is 0 Å². The highest BCUT2D eigenvalue weighted by molar-refractivity contribution is 9.10. The highest BCUT2D eigenvalue weighted by atomic mass is 79.9. The van der Waals surface area contributed by atoms with Gasteiger partial charge in [0.05, 0.1) is 5.02 Å². The van der Waals surface area contributed by atoms with Crippen LogP contribution in [-0.2, 0) is 0 Å². The highest BCUT2D eigenvalue weighted by Gasteiger charge is 2.12. The van der Waals surface area contributed by atoms with E-state index in [1.807, 2.05) is 0 Å². The third kappa shape index (κ3) is 2.92. The van der Waals surface area contributed by atoms with Crippen LogP contribution in [0, 0.1) is 11.6 Å². The normalized spacial score (nSPS) is 10.4. The minimum Gasteiger partial charge on any atom is -0.436 e. The zero-order valence-corrected chi connectivity index (χ0v) is 10.6. The van der Waals surface area contributed by atoms with Gasteiger partial charge in [-0.2, -0.15) is 4.39 Å². The van der Waals surface area contributed by atoms with Crippen LogP contribution < -0.4 is 4.74 Å². The Balaban J connectivity index is 2.32. The van der Waals surface area contributed by atoms with Crippen molar-refractivity contribution in [3.8, 4) is 11.6 Å². The maximum atomic E-state index is 13.4. The van der Waals surface area contributed by atoms with Crippen molar-refractivity contribution in [2.45, 2.75) is 0 Å². The van der Waals surface area contributed by atoms with Crippen LogP contribution in [0.15, 0.2) is 34.9 Å². The molecule has 0 saturated heterocycles. The lowest BCUT2D eigenvalue weighted by atomic mass is 10.3. The van der Waals surface area contributed by atoms with E-state index in [0.717, 1.165) is 6.07 Å². The van der Waals surface area contributed by atoms with Gasteiger partial charge in [0.15, 0.2) is 11.6 Å². The molecular formula is C11H5BrClF2NO. The fourth-order valence-corrected chi connectivity index (χ4v) is 1.66. The fourth-order valence-electron chi connectivity index (χ4n) is 1.14. The van der Waals surface area contributed by atoms with Crippen molar-refractivity contribution in [3.63, 3.8) is 0 Å². The summed E-state index contributed by atoms with van der Waals surface area (Å²) in [6.07, 6.45) is 1.35. The minimum absolute atomic E-state index is 0.130. The molecule has 1 aromatic carbocycles. The predicted molar refractivity (Wildman–Crippen MR) is 63.4 cm³/mol. The molecule has 0 N–H and O–H groups in total. The topological polar surface area (TPSA) is 22.1 Å². The van der Waals surface area contributed by atoms with Crippen molar-refractivity contribution in [2.75, 3.05) is 0 Å². The molecule has 17 heavy (non-hydrogen) atoms. The molecule has 2 nitrogen and oxygen atoms in total. The molecule has 1 heterocycles. The minimum atomic E-state index is -1.06. The molecule has 88 valence electrons. The second-order valence-electron chi connectivity index (χ2n) is 3.12. The molecule has 2 aromatic rings. The average Bonchev–Trinajstić information content (AvgIpc) is 2.28. The van der Waals surface area contributed by atoms with Gasteiger partial charge < -0.3 is 4.74 Å². The molecule has 1 aromatic heterocycles. The van der Waals surface area contributed by atoms with Crippen molar-refractivity contribution < 1.29 is 13.5 Å². The molecule has 0 amide bonds. The van der Waals surface area contributed by atoms with Crippen LogP contribution in [0.5, 0.6) is 11.6 Å². The summed E-state index contributed by atoms with van der Waals surface area (Å²) in [5, 5.41) is 0.429. The van der Waals surface area contributed by atoms with Gasteiger partial charge in [0.1, 0.15) is 0 Å². The molecule has 0 aliphatic heterocycles. The first-order valence-corrected chi connectivity index (χ1v) is 5.67. The molecule has 0 radical (unpaired) electrons. The Morgan fingerprint density at radius 3 is 2.65 bits per heavy atom. The van der Waals surface area contributed by atoms with Gasteiger partial charge in [0.25, 0.3) is 0 Å². The van der Waals surface area contributed by atoms with Crippen LogP contribution in [0.1, 0.15) is 0 Å². The molecule has 0 bridgehead atoms. The maximum Gasteiger partial charge on any atom is 0.219 e. The monoisotopic (exact) mass is 319 g/mol. The summed E-state index contributed by atoms with van der Waals surface area (Å²) in [6, 6.07) is 5.32. The molecule has 6 heteroatoms. The van der Waals surface area contributed by atoms with Crippen LogP contribution in [-0.4, -0.2) is 4.98 Å². The summed E-state index contributed by atoms with van der Waals surface area (Å²) in [6.45, 7) is 0. The van der Waals surface area contributed by atoms with Gasteiger partial charge in [0, 0.05) is 16.7 Å². The summed E-state index contributed by atoms with van der Waals surface area (Å²) in [7, 11) is 0. The van der Waals surface area contributed by atoms with Crippen LogP contribution in [0.2, 0.25) is 5.02 Å². The largest absolute Gasteiger partial charge is 0.436 e. The molecule has 2 rings (SSSR count). The van der Waals surface area contributed by atoms with Gasteiger partial charge in [-0.1, -0.05) is 27.5 Å². The zero-order chi connectivity index (χ0) is 12.4. The van der Waals surface area contributed by atoms with E-state index < -0.39 is 11.6 Å². The van der Waals surface area contributed by atoms with Gasteiger partial charge in [-0.05, 0) is 18.2 Å². The summed E-state index contributed by atoms with van der Waals surface area (Å²) < 4.78 is 31.9. The molecule has 0 spiro atoms. The fraction of sp³-hybridized carbons (Fsp3) is 0. The predicted octanol–water partition coefficient (Wildman–Crippen LogP) is 4.57. The van der Waals surface area contributed by atoms with Gasteiger partial charge in [0.2, 0.25) is 11.7 Å². The Labute approximate surface area is 109 Å². The quantitative estimate of drug-likeness (QED) is 0.756. The third-order valence-corrected chi connectivity index (χ3v) is 2.56.